The molecule has 0 aliphatic carbocycles. The maximum atomic E-state index is 5.19. The summed E-state index contributed by atoms with van der Waals surface area (Å²) in [6.07, 6.45) is 1.14. The van der Waals surface area contributed by atoms with E-state index in [1.54, 1.807) is 0 Å². The van der Waals surface area contributed by atoms with Crippen molar-refractivity contribution in [1.29, 1.82) is 0 Å². The van der Waals surface area contributed by atoms with Crippen molar-refractivity contribution in [2.75, 3.05) is 13.1 Å². The smallest absolute Gasteiger partial charge is 0.240 e. The van der Waals surface area contributed by atoms with E-state index in [0.717, 1.165) is 25.3 Å². The molecule has 1 aromatic heterocycles. The van der Waals surface area contributed by atoms with Gasteiger partial charge < -0.3 is 15.2 Å². The number of hydrogen-bond donors (Lipinski definition) is 2. The maximum Gasteiger partial charge on any atom is 0.240 e. The molecule has 5 heteroatoms. The lowest BCUT2D eigenvalue weighted by Gasteiger charge is -2.23. The van der Waals surface area contributed by atoms with Crippen LogP contribution in [-0.2, 0) is 6.54 Å². The monoisotopic (exact) mass is 224 g/mol. The van der Waals surface area contributed by atoms with Gasteiger partial charge in [0.1, 0.15) is 0 Å². The Morgan fingerprint density at radius 3 is 2.94 bits per heavy atom. The van der Waals surface area contributed by atoms with Gasteiger partial charge >= 0.3 is 0 Å². The van der Waals surface area contributed by atoms with Gasteiger partial charge in [-0.1, -0.05) is 19.0 Å². The minimum atomic E-state index is 0.159. The van der Waals surface area contributed by atoms with Crippen LogP contribution in [-0.4, -0.2) is 28.8 Å². The van der Waals surface area contributed by atoms with E-state index in [1.165, 1.54) is 0 Å². The van der Waals surface area contributed by atoms with Gasteiger partial charge in [-0.05, 0) is 19.9 Å². The van der Waals surface area contributed by atoms with Crippen LogP contribution in [0, 0.1) is 0 Å². The van der Waals surface area contributed by atoms with E-state index < -0.39 is 0 Å². The van der Waals surface area contributed by atoms with Gasteiger partial charge in [-0.3, -0.25) is 0 Å². The van der Waals surface area contributed by atoms with E-state index >= 15 is 0 Å². The van der Waals surface area contributed by atoms with Crippen LogP contribution in [0.4, 0.5) is 0 Å². The first-order valence-corrected chi connectivity index (χ1v) is 5.87. The number of aromatic nitrogens is 2. The molecule has 90 valence electrons. The summed E-state index contributed by atoms with van der Waals surface area (Å²) in [5.41, 5.74) is 0.159. The van der Waals surface area contributed by atoms with Crippen LogP contribution in [0.15, 0.2) is 4.52 Å². The number of nitrogens with zero attached hydrogens (tertiary/aromatic N) is 2. The predicted molar refractivity (Wildman–Crippen MR) is 61.1 cm³/mol. The molecule has 1 aliphatic heterocycles. The van der Waals surface area contributed by atoms with Gasteiger partial charge in [0.2, 0.25) is 5.89 Å². The summed E-state index contributed by atoms with van der Waals surface area (Å²) in [7, 11) is 0. The van der Waals surface area contributed by atoms with Crippen molar-refractivity contribution in [2.24, 2.45) is 0 Å². The average molecular weight is 224 g/mol. The predicted octanol–water partition coefficient (Wildman–Crippen LogP) is 1.03. The molecule has 0 bridgehead atoms. The second kappa shape index (κ2) is 4.51. The molecule has 1 aliphatic rings. The molecule has 0 aromatic carbocycles. The van der Waals surface area contributed by atoms with Crippen molar-refractivity contribution in [2.45, 2.75) is 45.2 Å². The Morgan fingerprint density at radius 1 is 1.56 bits per heavy atom. The molecule has 1 fully saturated rings. The van der Waals surface area contributed by atoms with Crippen LogP contribution in [0.5, 0.6) is 0 Å². The van der Waals surface area contributed by atoms with Crippen molar-refractivity contribution >= 4 is 0 Å². The highest BCUT2D eigenvalue weighted by atomic mass is 16.5. The van der Waals surface area contributed by atoms with E-state index in [-0.39, 0.29) is 5.54 Å². The van der Waals surface area contributed by atoms with Gasteiger partial charge in [0, 0.05) is 18.0 Å². The van der Waals surface area contributed by atoms with Crippen LogP contribution < -0.4 is 10.6 Å². The number of hydrogen-bond acceptors (Lipinski definition) is 5. The standard InChI is InChI=1S/C11H20N4O/c1-8(2)10-14-9(16-15-10)6-13-11(3)4-5-12-7-11/h8,12-13H,4-7H2,1-3H3. The summed E-state index contributed by atoms with van der Waals surface area (Å²) >= 11 is 0. The van der Waals surface area contributed by atoms with Crippen molar-refractivity contribution in [3.63, 3.8) is 0 Å². The topological polar surface area (TPSA) is 63.0 Å². The van der Waals surface area contributed by atoms with Crippen LogP contribution >= 0.6 is 0 Å². The Hall–Kier alpha value is -0.940. The Balaban J connectivity index is 1.89. The van der Waals surface area contributed by atoms with Crippen molar-refractivity contribution < 1.29 is 4.52 Å². The molecule has 0 radical (unpaired) electrons. The summed E-state index contributed by atoms with van der Waals surface area (Å²) in [6.45, 7) is 9.06. The van der Waals surface area contributed by atoms with Gasteiger partial charge in [0.15, 0.2) is 5.82 Å². The molecular weight excluding hydrogens is 204 g/mol. The summed E-state index contributed by atoms with van der Waals surface area (Å²) in [5, 5.41) is 10.8. The summed E-state index contributed by atoms with van der Waals surface area (Å²) < 4.78 is 5.19. The SMILES string of the molecule is CC(C)c1noc(CNC2(C)CCNC2)n1. The van der Waals surface area contributed by atoms with Gasteiger partial charge in [-0.15, -0.1) is 0 Å². The van der Waals surface area contributed by atoms with E-state index in [0.29, 0.717) is 18.4 Å². The molecule has 0 amide bonds. The first kappa shape index (κ1) is 11.5. The third kappa shape index (κ3) is 2.59. The van der Waals surface area contributed by atoms with Gasteiger partial charge in [-0.2, -0.15) is 4.98 Å². The van der Waals surface area contributed by atoms with Gasteiger partial charge in [0.05, 0.1) is 6.54 Å². The Labute approximate surface area is 96.0 Å². The fourth-order valence-corrected chi connectivity index (χ4v) is 1.83. The third-order valence-electron chi connectivity index (χ3n) is 3.04. The fourth-order valence-electron chi connectivity index (χ4n) is 1.83. The zero-order valence-electron chi connectivity index (χ0n) is 10.2. The lowest BCUT2D eigenvalue weighted by molar-refractivity contribution is 0.321. The van der Waals surface area contributed by atoms with Crippen LogP contribution in [0.2, 0.25) is 0 Å². The van der Waals surface area contributed by atoms with E-state index in [9.17, 15) is 0 Å². The van der Waals surface area contributed by atoms with Gasteiger partial charge in [0.25, 0.3) is 0 Å². The lowest BCUT2D eigenvalue weighted by Crippen LogP contribution is -2.43. The molecule has 1 aromatic rings. The Bertz CT molecular complexity index is 342. The van der Waals surface area contributed by atoms with Crippen molar-refractivity contribution in [1.82, 2.24) is 20.8 Å². The summed E-state index contributed by atoms with van der Waals surface area (Å²) in [6, 6.07) is 0. The molecule has 1 unspecified atom stereocenters. The first-order chi connectivity index (χ1) is 7.59. The van der Waals surface area contributed by atoms with Gasteiger partial charge in [-0.25, -0.2) is 0 Å². The molecule has 0 saturated carbocycles. The Morgan fingerprint density at radius 2 is 2.38 bits per heavy atom. The quantitative estimate of drug-likeness (QED) is 0.800. The molecule has 16 heavy (non-hydrogen) atoms. The van der Waals surface area contributed by atoms with Crippen molar-refractivity contribution in [3.05, 3.63) is 11.7 Å². The number of rotatable bonds is 4. The van der Waals surface area contributed by atoms with Crippen molar-refractivity contribution in [3.8, 4) is 0 Å². The van der Waals surface area contributed by atoms with Crippen LogP contribution in [0.1, 0.15) is 44.8 Å². The van der Waals surface area contributed by atoms with Crippen LogP contribution in [0.3, 0.4) is 0 Å². The third-order valence-corrected chi connectivity index (χ3v) is 3.04. The molecule has 5 nitrogen and oxygen atoms in total. The summed E-state index contributed by atoms with van der Waals surface area (Å²) in [5.74, 6) is 1.78. The number of nitrogens with one attached hydrogen (secondary N) is 2. The second-order valence-electron chi connectivity index (χ2n) is 5.04. The van der Waals surface area contributed by atoms with E-state index in [1.807, 2.05) is 0 Å². The molecular formula is C11H20N4O. The average Bonchev–Trinajstić information content (AvgIpc) is 2.84. The van der Waals surface area contributed by atoms with E-state index in [2.05, 4.69) is 41.5 Å². The molecule has 1 atom stereocenters. The maximum absolute atomic E-state index is 5.19. The minimum Gasteiger partial charge on any atom is -0.338 e. The summed E-state index contributed by atoms with van der Waals surface area (Å²) in [4.78, 5) is 4.34. The van der Waals surface area contributed by atoms with E-state index in [4.69, 9.17) is 4.52 Å². The highest BCUT2D eigenvalue weighted by Gasteiger charge is 2.28. The molecule has 2 N–H and O–H groups in total. The zero-order valence-corrected chi connectivity index (χ0v) is 10.2. The molecule has 0 spiro atoms. The largest absolute Gasteiger partial charge is 0.338 e. The molecule has 2 heterocycles. The normalized spacial score (nSPS) is 25.5. The molecule has 1 saturated heterocycles. The zero-order chi connectivity index (χ0) is 11.6. The first-order valence-electron chi connectivity index (χ1n) is 5.87. The fraction of sp³-hybridized carbons (Fsp3) is 0.818. The second-order valence-corrected chi connectivity index (χ2v) is 5.04. The van der Waals surface area contributed by atoms with Crippen LogP contribution in [0.25, 0.3) is 0 Å². The lowest BCUT2D eigenvalue weighted by atomic mass is 10.0. The minimum absolute atomic E-state index is 0.159. The highest BCUT2D eigenvalue weighted by Crippen LogP contribution is 2.15. The Kier molecular flexibility index (Phi) is 3.25. The molecule has 2 rings (SSSR count). The highest BCUT2D eigenvalue weighted by molar-refractivity contribution is 4.95.